The van der Waals surface area contributed by atoms with Crippen molar-refractivity contribution in [3.63, 3.8) is 0 Å². The summed E-state index contributed by atoms with van der Waals surface area (Å²) >= 11 is 12.9. The van der Waals surface area contributed by atoms with Gasteiger partial charge in [-0.3, -0.25) is 10.1 Å². The molecule has 192 valence electrons. The Balaban J connectivity index is 1.19. The Hall–Kier alpha value is -2.87. The van der Waals surface area contributed by atoms with Crippen LogP contribution in [0.25, 0.3) is 22.2 Å². The van der Waals surface area contributed by atoms with E-state index < -0.39 is 0 Å². The van der Waals surface area contributed by atoms with Crippen LogP contribution in [-0.2, 0) is 0 Å². The number of pyridine rings is 2. The Labute approximate surface area is 226 Å². The van der Waals surface area contributed by atoms with Crippen LogP contribution in [0.4, 0.5) is 5.82 Å². The second-order valence-corrected chi connectivity index (χ2v) is 11.3. The quantitative estimate of drug-likeness (QED) is 0.280. The van der Waals surface area contributed by atoms with Crippen molar-refractivity contribution in [2.75, 3.05) is 18.0 Å². The highest BCUT2D eigenvalue weighted by Crippen LogP contribution is 2.36. The number of ether oxygens (including phenoxy) is 1. The highest BCUT2D eigenvalue weighted by molar-refractivity contribution is 6.36. The zero-order chi connectivity index (χ0) is 25.7. The zero-order valence-electron chi connectivity index (χ0n) is 21.2. The van der Waals surface area contributed by atoms with E-state index in [1.54, 1.807) is 6.20 Å². The number of aryl methyl sites for hydroxylation is 1. The lowest BCUT2D eigenvalue weighted by atomic mass is 9.85. The van der Waals surface area contributed by atoms with Crippen molar-refractivity contribution in [2.24, 2.45) is 0 Å². The van der Waals surface area contributed by atoms with Crippen molar-refractivity contribution in [3.8, 4) is 17.0 Å². The molecule has 0 unspecified atom stereocenters. The van der Waals surface area contributed by atoms with Crippen molar-refractivity contribution in [2.45, 2.75) is 57.7 Å². The van der Waals surface area contributed by atoms with Gasteiger partial charge in [0.1, 0.15) is 23.4 Å². The highest BCUT2D eigenvalue weighted by Gasteiger charge is 2.41. The van der Waals surface area contributed by atoms with Crippen LogP contribution in [0.5, 0.6) is 5.75 Å². The van der Waals surface area contributed by atoms with Gasteiger partial charge in [-0.15, -0.1) is 0 Å². The lowest BCUT2D eigenvalue weighted by Gasteiger charge is -2.52. The monoisotopic (exact) mass is 536 g/mol. The summed E-state index contributed by atoms with van der Waals surface area (Å²) in [6, 6.07) is 10.7. The van der Waals surface area contributed by atoms with Gasteiger partial charge >= 0.3 is 0 Å². The second-order valence-electron chi connectivity index (χ2n) is 10.6. The summed E-state index contributed by atoms with van der Waals surface area (Å²) in [4.78, 5) is 11.3. The average molecular weight is 537 g/mol. The van der Waals surface area contributed by atoms with E-state index in [-0.39, 0.29) is 11.6 Å². The summed E-state index contributed by atoms with van der Waals surface area (Å²) in [6.07, 6.45) is 7.11. The Bertz CT molecular complexity index is 1440. The lowest BCUT2D eigenvalue weighted by molar-refractivity contribution is 0.201. The van der Waals surface area contributed by atoms with Crippen LogP contribution >= 0.6 is 23.2 Å². The van der Waals surface area contributed by atoms with E-state index in [9.17, 15) is 0 Å². The minimum absolute atomic E-state index is 0.181. The molecule has 1 aliphatic heterocycles. The number of nitrogens with one attached hydrogen (secondary N) is 2. The van der Waals surface area contributed by atoms with Crippen molar-refractivity contribution in [1.29, 1.82) is 0 Å². The standard InChI is InChI=1S/C28H30Cl2N6O/c1-16-26(30)25(22(29)13-31-16)17(2)37-20-8-9-23-21(11-20)27(35-34-23)18-7-10-24(32-12-18)36-14-28(3,15-36)33-19-5-4-6-19/h7-13,17,19,33H,4-6,14-15H2,1-3H3,(H,34,35)/t17-/m1/s1. The van der Waals surface area contributed by atoms with E-state index >= 15 is 0 Å². The molecule has 1 atom stereocenters. The van der Waals surface area contributed by atoms with Crippen LogP contribution in [0.3, 0.4) is 0 Å². The van der Waals surface area contributed by atoms with Gasteiger partial charge in [-0.25, -0.2) is 4.98 Å². The predicted molar refractivity (Wildman–Crippen MR) is 149 cm³/mol. The third-order valence-electron chi connectivity index (χ3n) is 7.52. The molecule has 2 N–H and O–H groups in total. The number of aromatic amines is 1. The van der Waals surface area contributed by atoms with E-state index in [0.29, 0.717) is 21.8 Å². The number of fused-ring (bicyclic) bond motifs is 1. The largest absolute Gasteiger partial charge is 0.486 e. The van der Waals surface area contributed by atoms with E-state index in [4.69, 9.17) is 32.9 Å². The second kappa shape index (κ2) is 9.46. The van der Waals surface area contributed by atoms with Gasteiger partial charge in [0.2, 0.25) is 0 Å². The maximum atomic E-state index is 6.48. The molecule has 0 bridgehead atoms. The summed E-state index contributed by atoms with van der Waals surface area (Å²) in [5.41, 5.74) is 4.34. The molecule has 9 heteroatoms. The molecule has 37 heavy (non-hydrogen) atoms. The van der Waals surface area contributed by atoms with Gasteiger partial charge in [0.25, 0.3) is 0 Å². The maximum absolute atomic E-state index is 6.48. The Morgan fingerprint density at radius 3 is 2.65 bits per heavy atom. The van der Waals surface area contributed by atoms with Crippen LogP contribution < -0.4 is 15.0 Å². The fourth-order valence-electron chi connectivity index (χ4n) is 5.31. The number of hydrogen-bond acceptors (Lipinski definition) is 6. The van der Waals surface area contributed by atoms with Crippen LogP contribution in [-0.4, -0.2) is 44.8 Å². The molecule has 0 spiro atoms. The number of aromatic nitrogens is 4. The molecule has 2 fully saturated rings. The van der Waals surface area contributed by atoms with Gasteiger partial charge < -0.3 is 15.0 Å². The Kier molecular flexibility index (Phi) is 6.25. The topological polar surface area (TPSA) is 79.0 Å². The molecule has 7 nitrogen and oxygen atoms in total. The zero-order valence-corrected chi connectivity index (χ0v) is 22.7. The van der Waals surface area contributed by atoms with E-state index in [0.717, 1.165) is 52.3 Å². The molecule has 6 rings (SSSR count). The first kappa shape index (κ1) is 24.5. The van der Waals surface area contributed by atoms with Crippen molar-refractivity contribution < 1.29 is 4.74 Å². The maximum Gasteiger partial charge on any atom is 0.128 e. The number of rotatable bonds is 7. The summed E-state index contributed by atoms with van der Waals surface area (Å²) in [6.45, 7) is 8.05. The summed E-state index contributed by atoms with van der Waals surface area (Å²) in [5.74, 6) is 1.70. The molecular weight excluding hydrogens is 507 g/mol. The molecule has 1 saturated carbocycles. The van der Waals surface area contributed by atoms with Gasteiger partial charge in [-0.2, -0.15) is 5.10 Å². The fraction of sp³-hybridized carbons (Fsp3) is 0.393. The van der Waals surface area contributed by atoms with Crippen molar-refractivity contribution in [3.05, 3.63) is 64.0 Å². The minimum atomic E-state index is -0.351. The predicted octanol–water partition coefficient (Wildman–Crippen LogP) is 6.50. The van der Waals surface area contributed by atoms with Crippen LogP contribution in [0.2, 0.25) is 10.0 Å². The first-order valence-electron chi connectivity index (χ1n) is 12.7. The molecule has 0 amide bonds. The first-order valence-corrected chi connectivity index (χ1v) is 13.5. The molecule has 3 aromatic heterocycles. The van der Waals surface area contributed by atoms with Gasteiger partial charge in [0.05, 0.1) is 26.8 Å². The van der Waals surface area contributed by atoms with Crippen LogP contribution in [0, 0.1) is 6.92 Å². The van der Waals surface area contributed by atoms with E-state index in [2.05, 4.69) is 44.5 Å². The fourth-order valence-corrected chi connectivity index (χ4v) is 5.96. The van der Waals surface area contributed by atoms with Crippen molar-refractivity contribution in [1.82, 2.24) is 25.5 Å². The lowest BCUT2D eigenvalue weighted by Crippen LogP contribution is -2.70. The molecule has 4 heterocycles. The van der Waals surface area contributed by atoms with Gasteiger partial charge in [-0.1, -0.05) is 29.6 Å². The molecule has 1 aliphatic carbocycles. The molecule has 2 aliphatic rings. The number of hydrogen-bond donors (Lipinski definition) is 2. The number of anilines is 1. The smallest absolute Gasteiger partial charge is 0.128 e. The summed E-state index contributed by atoms with van der Waals surface area (Å²) in [5, 5.41) is 13.5. The Morgan fingerprint density at radius 2 is 1.95 bits per heavy atom. The molecule has 4 aromatic rings. The summed E-state index contributed by atoms with van der Waals surface area (Å²) < 4.78 is 6.25. The summed E-state index contributed by atoms with van der Waals surface area (Å²) in [7, 11) is 0. The van der Waals surface area contributed by atoms with Gasteiger partial charge in [-0.05, 0) is 63.9 Å². The molecule has 1 aromatic carbocycles. The normalized spacial score (nSPS) is 17.9. The third-order valence-corrected chi connectivity index (χ3v) is 8.30. The Morgan fingerprint density at radius 1 is 1.14 bits per heavy atom. The van der Waals surface area contributed by atoms with Crippen LogP contribution in [0.15, 0.2) is 42.7 Å². The first-order chi connectivity index (χ1) is 17.8. The number of halogens is 2. The minimum Gasteiger partial charge on any atom is -0.486 e. The molecule has 1 saturated heterocycles. The van der Waals surface area contributed by atoms with Gasteiger partial charge in [0.15, 0.2) is 0 Å². The number of H-pyrrole nitrogens is 1. The van der Waals surface area contributed by atoms with Gasteiger partial charge in [0, 0.05) is 48.0 Å². The van der Waals surface area contributed by atoms with Crippen molar-refractivity contribution >= 4 is 39.9 Å². The molecule has 0 radical (unpaired) electrons. The van der Waals surface area contributed by atoms with Crippen LogP contribution in [0.1, 0.15) is 50.5 Å². The molecular formula is C28H30Cl2N6O. The average Bonchev–Trinajstić information content (AvgIpc) is 3.26. The third kappa shape index (κ3) is 4.65. The van der Waals surface area contributed by atoms with E-state index in [1.165, 1.54) is 19.3 Å². The number of benzene rings is 1. The highest BCUT2D eigenvalue weighted by atomic mass is 35.5. The van der Waals surface area contributed by atoms with E-state index in [1.807, 2.05) is 38.2 Å². The number of nitrogens with zero attached hydrogens (tertiary/aromatic N) is 4. The SMILES string of the molecule is Cc1ncc(Cl)c([C@@H](C)Oc2ccc3[nH]nc(-c4ccc(N5CC(C)(NC6CCC6)C5)nc4)c3c2)c1Cl.